The van der Waals surface area contributed by atoms with Crippen LogP contribution < -0.4 is 10.2 Å². The number of amides is 2. The van der Waals surface area contributed by atoms with Crippen molar-refractivity contribution in [2.75, 3.05) is 49.6 Å². The highest BCUT2D eigenvalue weighted by Gasteiger charge is 2.28. The van der Waals surface area contributed by atoms with Crippen LogP contribution in [0.3, 0.4) is 0 Å². The number of morpholine rings is 1. The number of aryl methyl sites for hydroxylation is 1. The highest BCUT2D eigenvalue weighted by molar-refractivity contribution is 5.91. The molecule has 2 amide bonds. The van der Waals surface area contributed by atoms with Gasteiger partial charge >= 0.3 is 6.03 Å². The molecule has 2 saturated heterocycles. The van der Waals surface area contributed by atoms with Crippen molar-refractivity contribution in [3.05, 3.63) is 48.2 Å². The first-order valence-corrected chi connectivity index (χ1v) is 12.1. The minimum atomic E-state index is -0.425. The Morgan fingerprint density at radius 2 is 2.00 bits per heavy atom. The number of halogens is 1. The molecular weight excluding hydrogens is 433 g/mol. The number of nitrogens with zero attached hydrogens (tertiary/aromatic N) is 4. The van der Waals surface area contributed by atoms with Gasteiger partial charge in [-0.05, 0) is 54.5 Å². The van der Waals surface area contributed by atoms with Crippen molar-refractivity contribution in [2.24, 2.45) is 11.8 Å². The SMILES string of the molecule is Cc1cc(F)c(NC(=O)N2CCC(C(C)C)C2)cc1-c1cc(N2CCOCC2)c2nccn2c1. The fraction of sp³-hybridized carbons (Fsp3) is 0.462. The van der Waals surface area contributed by atoms with Crippen LogP contribution in [-0.4, -0.2) is 59.7 Å². The first-order valence-electron chi connectivity index (χ1n) is 12.1. The minimum absolute atomic E-state index is 0.206. The Labute approximate surface area is 199 Å². The van der Waals surface area contributed by atoms with E-state index in [1.54, 1.807) is 17.2 Å². The Bertz CT molecular complexity index is 1200. The molecular formula is C26H32FN5O2. The molecule has 0 spiro atoms. The molecule has 5 rings (SSSR count). The molecule has 8 heteroatoms. The Hall–Kier alpha value is -3.13. The number of ether oxygens (including phenoxy) is 1. The van der Waals surface area contributed by atoms with Crippen LogP contribution in [0.1, 0.15) is 25.8 Å². The number of fused-ring (bicyclic) bond motifs is 1. The molecule has 0 saturated carbocycles. The number of nitrogens with one attached hydrogen (secondary N) is 1. The number of urea groups is 1. The third kappa shape index (κ3) is 4.34. The fourth-order valence-corrected chi connectivity index (χ4v) is 4.99. The van der Waals surface area contributed by atoms with E-state index < -0.39 is 5.82 Å². The summed E-state index contributed by atoms with van der Waals surface area (Å²) in [7, 11) is 0. The number of hydrogen-bond acceptors (Lipinski definition) is 4. The molecule has 1 unspecified atom stereocenters. The molecule has 2 fully saturated rings. The van der Waals surface area contributed by atoms with E-state index in [0.717, 1.165) is 47.5 Å². The van der Waals surface area contributed by atoms with Crippen molar-refractivity contribution < 1.29 is 13.9 Å². The summed E-state index contributed by atoms with van der Waals surface area (Å²) in [5.74, 6) is 0.593. The van der Waals surface area contributed by atoms with Crippen LogP contribution >= 0.6 is 0 Å². The molecule has 2 aliphatic heterocycles. The number of likely N-dealkylation sites (tertiary alicyclic amines) is 1. The number of anilines is 2. The van der Waals surface area contributed by atoms with Gasteiger partial charge in [0.25, 0.3) is 0 Å². The minimum Gasteiger partial charge on any atom is -0.378 e. The monoisotopic (exact) mass is 465 g/mol. The zero-order chi connectivity index (χ0) is 23.8. The summed E-state index contributed by atoms with van der Waals surface area (Å²) in [5.41, 5.74) is 4.75. The lowest BCUT2D eigenvalue weighted by Crippen LogP contribution is -2.36. The van der Waals surface area contributed by atoms with Crippen LogP contribution in [0.2, 0.25) is 0 Å². The number of benzene rings is 1. The third-order valence-electron chi connectivity index (χ3n) is 7.14. The number of imidazole rings is 1. The van der Waals surface area contributed by atoms with Gasteiger partial charge in [-0.1, -0.05) is 13.8 Å². The smallest absolute Gasteiger partial charge is 0.321 e. The number of rotatable bonds is 4. The molecule has 0 aliphatic carbocycles. The molecule has 1 N–H and O–H groups in total. The highest BCUT2D eigenvalue weighted by Crippen LogP contribution is 2.34. The summed E-state index contributed by atoms with van der Waals surface area (Å²) in [6, 6.07) is 5.11. The molecule has 1 aromatic carbocycles. The topological polar surface area (TPSA) is 62.1 Å². The van der Waals surface area contributed by atoms with Gasteiger partial charge in [-0.15, -0.1) is 0 Å². The van der Waals surface area contributed by atoms with Crippen LogP contribution in [0.25, 0.3) is 16.8 Å². The van der Waals surface area contributed by atoms with Crippen LogP contribution in [0.15, 0.2) is 36.8 Å². The lowest BCUT2D eigenvalue weighted by Gasteiger charge is -2.29. The molecule has 1 atom stereocenters. The van der Waals surface area contributed by atoms with E-state index in [4.69, 9.17) is 4.74 Å². The number of carbonyl (C=O) groups excluding carboxylic acids is 1. The van der Waals surface area contributed by atoms with Gasteiger partial charge in [0.1, 0.15) is 5.82 Å². The van der Waals surface area contributed by atoms with E-state index >= 15 is 0 Å². The van der Waals surface area contributed by atoms with E-state index in [1.165, 1.54) is 6.07 Å². The first kappa shape index (κ1) is 22.7. The van der Waals surface area contributed by atoms with E-state index in [0.29, 0.717) is 38.1 Å². The summed E-state index contributed by atoms with van der Waals surface area (Å²) < 4.78 is 22.4. The Morgan fingerprint density at radius 1 is 1.21 bits per heavy atom. The second kappa shape index (κ2) is 9.25. The van der Waals surface area contributed by atoms with Gasteiger partial charge in [0.15, 0.2) is 5.65 Å². The molecule has 4 heterocycles. The Morgan fingerprint density at radius 3 is 2.74 bits per heavy atom. The number of carbonyl (C=O) groups is 1. The van der Waals surface area contributed by atoms with E-state index in [-0.39, 0.29) is 11.7 Å². The third-order valence-corrected chi connectivity index (χ3v) is 7.14. The summed E-state index contributed by atoms with van der Waals surface area (Å²) in [5, 5.41) is 2.83. The van der Waals surface area contributed by atoms with E-state index in [1.807, 2.05) is 23.7 Å². The molecule has 0 bridgehead atoms. The number of pyridine rings is 1. The molecule has 2 aliphatic rings. The van der Waals surface area contributed by atoms with Gasteiger partial charge in [-0.25, -0.2) is 14.2 Å². The molecule has 0 radical (unpaired) electrons. The fourth-order valence-electron chi connectivity index (χ4n) is 4.99. The summed E-state index contributed by atoms with van der Waals surface area (Å²) >= 11 is 0. The summed E-state index contributed by atoms with van der Waals surface area (Å²) in [6.07, 6.45) is 6.70. The number of hydrogen-bond donors (Lipinski definition) is 1. The van der Waals surface area contributed by atoms with Gasteiger partial charge in [-0.2, -0.15) is 0 Å². The zero-order valence-corrected chi connectivity index (χ0v) is 20.1. The van der Waals surface area contributed by atoms with Crippen molar-refractivity contribution in [2.45, 2.75) is 27.2 Å². The van der Waals surface area contributed by atoms with Gasteiger partial charge in [0.05, 0.1) is 24.6 Å². The quantitative estimate of drug-likeness (QED) is 0.602. The Balaban J connectivity index is 1.46. The van der Waals surface area contributed by atoms with Gasteiger partial charge in [0.2, 0.25) is 0 Å². The molecule has 2 aromatic heterocycles. The maximum absolute atomic E-state index is 14.9. The van der Waals surface area contributed by atoms with Crippen molar-refractivity contribution >= 4 is 23.1 Å². The first-order chi connectivity index (χ1) is 16.4. The molecule has 7 nitrogen and oxygen atoms in total. The highest BCUT2D eigenvalue weighted by atomic mass is 19.1. The van der Waals surface area contributed by atoms with Crippen LogP contribution in [0, 0.1) is 24.6 Å². The predicted molar refractivity (Wildman–Crippen MR) is 132 cm³/mol. The van der Waals surface area contributed by atoms with Crippen molar-refractivity contribution in [3.63, 3.8) is 0 Å². The normalized spacial score (nSPS) is 18.8. The second-order valence-electron chi connectivity index (χ2n) is 9.69. The van der Waals surface area contributed by atoms with Crippen molar-refractivity contribution in [1.82, 2.24) is 14.3 Å². The predicted octanol–water partition coefficient (Wildman–Crippen LogP) is 4.80. The van der Waals surface area contributed by atoms with Crippen LogP contribution in [0.5, 0.6) is 0 Å². The lowest BCUT2D eigenvalue weighted by atomic mass is 9.95. The van der Waals surface area contributed by atoms with E-state index in [9.17, 15) is 9.18 Å². The van der Waals surface area contributed by atoms with Gasteiger partial charge in [0, 0.05) is 50.3 Å². The maximum Gasteiger partial charge on any atom is 0.321 e. The molecule has 180 valence electrons. The van der Waals surface area contributed by atoms with Crippen molar-refractivity contribution in [1.29, 1.82) is 0 Å². The molecule has 34 heavy (non-hydrogen) atoms. The van der Waals surface area contributed by atoms with Crippen LogP contribution in [0.4, 0.5) is 20.6 Å². The van der Waals surface area contributed by atoms with Crippen LogP contribution in [-0.2, 0) is 4.74 Å². The van der Waals surface area contributed by atoms with Gasteiger partial charge in [-0.3, -0.25) is 0 Å². The average Bonchev–Trinajstić information content (AvgIpc) is 3.51. The van der Waals surface area contributed by atoms with Crippen molar-refractivity contribution in [3.8, 4) is 11.1 Å². The number of aromatic nitrogens is 2. The standard InChI is InChI=1S/C26H32FN5O2/c1-17(2)19-4-6-32(15-19)26(33)29-23-14-21(18(3)12-22(23)27)20-13-24(30-8-10-34-11-9-30)25-28-5-7-31(25)16-20/h5,7,12-14,16-17,19H,4,6,8-11,15H2,1-3H3,(H,29,33). The summed E-state index contributed by atoms with van der Waals surface area (Å²) in [4.78, 5) is 21.5. The average molecular weight is 466 g/mol. The lowest BCUT2D eigenvalue weighted by molar-refractivity contribution is 0.123. The molecule has 3 aromatic rings. The largest absolute Gasteiger partial charge is 0.378 e. The summed E-state index contributed by atoms with van der Waals surface area (Å²) in [6.45, 7) is 10.6. The van der Waals surface area contributed by atoms with Gasteiger partial charge < -0.3 is 24.3 Å². The maximum atomic E-state index is 14.9. The Kier molecular flexibility index (Phi) is 6.16. The zero-order valence-electron chi connectivity index (χ0n) is 20.1. The van der Waals surface area contributed by atoms with E-state index in [2.05, 4.69) is 35.1 Å². The second-order valence-corrected chi connectivity index (χ2v) is 9.69.